The maximum atomic E-state index is 5.14. The highest BCUT2D eigenvalue weighted by Crippen LogP contribution is 2.44. The molecule has 0 aliphatic rings. The number of rotatable bonds is 28. The number of hydrogen-bond acceptors (Lipinski definition) is 1. The maximum Gasteiger partial charge on any atom is 0.112 e. The van der Waals surface area contributed by atoms with E-state index in [4.69, 9.17) is 4.98 Å². The van der Waals surface area contributed by atoms with Gasteiger partial charge < -0.3 is 4.57 Å². The van der Waals surface area contributed by atoms with Crippen molar-refractivity contribution in [2.75, 3.05) is 0 Å². The molecule has 0 aliphatic heterocycles. The summed E-state index contributed by atoms with van der Waals surface area (Å²) in [7, 11) is 0. The third-order valence-corrected chi connectivity index (χ3v) is 10.5. The number of hydrogen-bond donors (Lipinski definition) is 0. The summed E-state index contributed by atoms with van der Waals surface area (Å²) in [6, 6.07) is 22.5. The van der Waals surface area contributed by atoms with Gasteiger partial charge in [-0.1, -0.05) is 210 Å². The van der Waals surface area contributed by atoms with E-state index >= 15 is 0 Å². The van der Waals surface area contributed by atoms with Crippen molar-refractivity contribution in [1.29, 1.82) is 0 Å². The number of aryl methyl sites for hydroxylation is 1. The summed E-state index contributed by atoms with van der Waals surface area (Å²) in [4.78, 5) is 5.14. The molecule has 256 valence electrons. The van der Waals surface area contributed by atoms with Gasteiger partial charge in [-0.25, -0.2) is 4.98 Å². The molecule has 0 radical (unpaired) electrons. The Bertz CT molecular complexity index is 1100. The van der Waals surface area contributed by atoms with Crippen molar-refractivity contribution in [3.63, 3.8) is 0 Å². The van der Waals surface area contributed by atoms with E-state index < -0.39 is 0 Å². The Labute approximate surface area is 285 Å². The second-order valence-corrected chi connectivity index (χ2v) is 14.5. The Morgan fingerprint density at radius 2 is 1.02 bits per heavy atom. The molecule has 1 heterocycles. The van der Waals surface area contributed by atoms with Crippen LogP contribution in [-0.4, -0.2) is 9.55 Å². The molecule has 46 heavy (non-hydrogen) atoms. The van der Waals surface area contributed by atoms with Gasteiger partial charge in [0.05, 0.1) is 0 Å². The predicted molar refractivity (Wildman–Crippen MR) is 202 cm³/mol. The summed E-state index contributed by atoms with van der Waals surface area (Å²) in [5.74, 6) is 1.69. The summed E-state index contributed by atoms with van der Waals surface area (Å²) in [5.41, 5.74) is 2.84. The lowest BCUT2D eigenvalue weighted by molar-refractivity contribution is 0.321. The molecular weight excluding hydrogens is 556 g/mol. The molecule has 3 rings (SSSR count). The second-order valence-electron chi connectivity index (χ2n) is 14.5. The minimum absolute atomic E-state index is 0.0250. The van der Waals surface area contributed by atoms with Crippen LogP contribution in [0.3, 0.4) is 0 Å². The second kappa shape index (κ2) is 23.9. The van der Waals surface area contributed by atoms with Crippen LogP contribution in [0.2, 0.25) is 0 Å². The highest BCUT2D eigenvalue weighted by atomic mass is 15.1. The van der Waals surface area contributed by atoms with Crippen molar-refractivity contribution in [2.45, 2.75) is 186 Å². The van der Waals surface area contributed by atoms with Crippen LogP contribution in [0.5, 0.6) is 0 Å². The van der Waals surface area contributed by atoms with Crippen LogP contribution in [0.15, 0.2) is 73.1 Å². The average molecular weight is 627 g/mol. The molecule has 0 fully saturated rings. The molecule has 0 N–H and O–H groups in total. The van der Waals surface area contributed by atoms with Crippen molar-refractivity contribution in [2.24, 2.45) is 0 Å². The minimum atomic E-state index is -0.0250. The fraction of sp³-hybridized carbons (Fsp3) is 0.659. The first-order chi connectivity index (χ1) is 22.7. The fourth-order valence-corrected chi connectivity index (χ4v) is 7.60. The Hall–Kier alpha value is -2.35. The molecule has 2 unspecified atom stereocenters. The van der Waals surface area contributed by atoms with E-state index in [1.54, 1.807) is 0 Å². The van der Waals surface area contributed by atoms with E-state index in [0.717, 1.165) is 13.0 Å². The van der Waals surface area contributed by atoms with Gasteiger partial charge in [-0.05, 0) is 30.4 Å². The highest BCUT2D eigenvalue weighted by molar-refractivity contribution is 5.33. The minimum Gasteiger partial charge on any atom is -0.335 e. The molecule has 0 saturated carbocycles. The Balaban J connectivity index is 1.60. The third-order valence-electron chi connectivity index (χ3n) is 10.5. The van der Waals surface area contributed by atoms with Crippen LogP contribution < -0.4 is 0 Å². The first-order valence-electron chi connectivity index (χ1n) is 19.8. The molecule has 0 amide bonds. The number of nitrogens with zero attached hydrogens (tertiary/aromatic N) is 2. The normalized spacial score (nSPS) is 13.5. The molecule has 0 bridgehead atoms. The van der Waals surface area contributed by atoms with Crippen LogP contribution in [0, 0.1) is 0 Å². The van der Waals surface area contributed by atoms with Gasteiger partial charge in [0.2, 0.25) is 0 Å². The van der Waals surface area contributed by atoms with E-state index in [0.29, 0.717) is 5.92 Å². The van der Waals surface area contributed by atoms with E-state index in [1.807, 2.05) is 0 Å². The lowest BCUT2D eigenvalue weighted by atomic mass is 9.66. The topological polar surface area (TPSA) is 17.8 Å². The van der Waals surface area contributed by atoms with E-state index in [9.17, 15) is 0 Å². The standard InChI is InChI=1S/C44H70N2/c1-4-6-8-10-12-14-15-16-17-18-20-22-30-37-46-38-36-45-43(46)42(35-29-21-19-13-11-9-7-5-2)44(3,41-33-27-24-28-34-41)39-40-31-25-23-26-32-40/h23-28,31-34,36,38,42H,4-22,29-30,35,37,39H2,1-3H3. The molecule has 2 nitrogen and oxygen atoms in total. The molecule has 2 atom stereocenters. The zero-order valence-electron chi connectivity index (χ0n) is 30.4. The van der Waals surface area contributed by atoms with Crippen molar-refractivity contribution in [1.82, 2.24) is 9.55 Å². The van der Waals surface area contributed by atoms with Gasteiger partial charge in [0.15, 0.2) is 0 Å². The van der Waals surface area contributed by atoms with E-state index in [2.05, 4.69) is 98.4 Å². The molecule has 0 spiro atoms. The quantitative estimate of drug-likeness (QED) is 0.0733. The first-order valence-corrected chi connectivity index (χ1v) is 19.8. The van der Waals surface area contributed by atoms with Crippen molar-refractivity contribution >= 4 is 0 Å². The summed E-state index contributed by atoms with van der Waals surface area (Å²) in [5, 5.41) is 0. The van der Waals surface area contributed by atoms with Crippen LogP contribution in [-0.2, 0) is 18.4 Å². The van der Waals surface area contributed by atoms with E-state index in [1.165, 1.54) is 158 Å². The zero-order valence-corrected chi connectivity index (χ0v) is 30.4. The molecule has 1 aromatic heterocycles. The first kappa shape index (κ1) is 38.1. The van der Waals surface area contributed by atoms with Crippen LogP contribution in [0.4, 0.5) is 0 Å². The van der Waals surface area contributed by atoms with Crippen LogP contribution in [0.1, 0.15) is 185 Å². The zero-order chi connectivity index (χ0) is 32.5. The monoisotopic (exact) mass is 627 g/mol. The molecule has 3 aromatic rings. The van der Waals surface area contributed by atoms with Crippen LogP contribution in [0.25, 0.3) is 0 Å². The van der Waals surface area contributed by atoms with Gasteiger partial charge in [-0.3, -0.25) is 0 Å². The molecule has 2 aromatic carbocycles. The summed E-state index contributed by atoms with van der Waals surface area (Å²) < 4.78 is 2.53. The average Bonchev–Trinajstić information content (AvgIpc) is 3.54. The predicted octanol–water partition coefficient (Wildman–Crippen LogP) is 13.8. The number of unbranched alkanes of at least 4 members (excludes halogenated alkanes) is 19. The molecule has 0 aliphatic carbocycles. The van der Waals surface area contributed by atoms with E-state index in [-0.39, 0.29) is 5.41 Å². The molecule has 0 saturated heterocycles. The van der Waals surface area contributed by atoms with Crippen molar-refractivity contribution < 1.29 is 0 Å². The van der Waals surface area contributed by atoms with Gasteiger partial charge in [-0.2, -0.15) is 0 Å². The van der Waals surface area contributed by atoms with Gasteiger partial charge in [0.1, 0.15) is 5.82 Å². The Kier molecular flexibility index (Phi) is 19.8. The van der Waals surface area contributed by atoms with Crippen LogP contribution >= 0.6 is 0 Å². The van der Waals surface area contributed by atoms with Crippen molar-refractivity contribution in [3.05, 3.63) is 90.0 Å². The number of aromatic nitrogens is 2. The highest BCUT2D eigenvalue weighted by Gasteiger charge is 2.39. The molecule has 2 heteroatoms. The largest absolute Gasteiger partial charge is 0.335 e. The van der Waals surface area contributed by atoms with Crippen molar-refractivity contribution in [3.8, 4) is 0 Å². The Morgan fingerprint density at radius 1 is 0.565 bits per heavy atom. The summed E-state index contributed by atoms with van der Waals surface area (Å²) >= 11 is 0. The fourth-order valence-electron chi connectivity index (χ4n) is 7.60. The Morgan fingerprint density at radius 3 is 1.54 bits per heavy atom. The number of imidazole rings is 1. The third kappa shape index (κ3) is 14.2. The van der Waals surface area contributed by atoms with Gasteiger partial charge >= 0.3 is 0 Å². The van der Waals surface area contributed by atoms with Gasteiger partial charge in [0.25, 0.3) is 0 Å². The van der Waals surface area contributed by atoms with Gasteiger partial charge in [-0.15, -0.1) is 0 Å². The smallest absolute Gasteiger partial charge is 0.112 e. The number of benzene rings is 2. The lowest BCUT2D eigenvalue weighted by Crippen LogP contribution is -2.35. The summed E-state index contributed by atoms with van der Waals surface area (Å²) in [6.45, 7) is 8.23. The summed E-state index contributed by atoms with van der Waals surface area (Å²) in [6.07, 6.45) is 35.6. The lowest BCUT2D eigenvalue weighted by Gasteiger charge is -2.39. The van der Waals surface area contributed by atoms with Gasteiger partial charge in [0, 0.05) is 30.3 Å². The maximum absolute atomic E-state index is 5.14. The molecular formula is C44H70N2. The SMILES string of the molecule is CCCCCCCCCCCCCCCn1ccnc1C(CCCCCCCCCC)C(C)(Cc1ccccc1)c1ccccc1.